The summed E-state index contributed by atoms with van der Waals surface area (Å²) < 4.78 is 0. The Morgan fingerprint density at radius 2 is 1.89 bits per heavy atom. The number of hydrogen-bond donors (Lipinski definition) is 0. The molecule has 96 valence electrons. The second-order valence-electron chi connectivity index (χ2n) is 4.70. The summed E-state index contributed by atoms with van der Waals surface area (Å²) in [4.78, 5) is 11.3. The van der Waals surface area contributed by atoms with Gasteiger partial charge in [0.25, 0.3) is 0 Å². The first kappa shape index (κ1) is 11.9. The first-order chi connectivity index (χ1) is 9.36. The van der Waals surface area contributed by atoms with Crippen LogP contribution in [0.2, 0.25) is 0 Å². The number of rotatable bonds is 3. The van der Waals surface area contributed by atoms with Gasteiger partial charge in [0.1, 0.15) is 5.82 Å². The van der Waals surface area contributed by atoms with Gasteiger partial charge in [0.15, 0.2) is 0 Å². The van der Waals surface area contributed by atoms with Crippen molar-refractivity contribution >= 4 is 17.2 Å². The molecule has 3 nitrogen and oxygen atoms in total. The van der Waals surface area contributed by atoms with Crippen LogP contribution in [0.15, 0.2) is 53.7 Å². The van der Waals surface area contributed by atoms with Gasteiger partial charge in [-0.05, 0) is 37.1 Å². The van der Waals surface area contributed by atoms with Gasteiger partial charge >= 0.3 is 0 Å². The summed E-state index contributed by atoms with van der Waals surface area (Å²) in [7, 11) is 2.05. The fraction of sp³-hybridized carbons (Fsp3) is 0.250. The molecule has 0 saturated carbocycles. The van der Waals surface area contributed by atoms with Crippen molar-refractivity contribution in [3.05, 3.63) is 54.2 Å². The second kappa shape index (κ2) is 5.22. The molecule has 0 amide bonds. The molecule has 19 heavy (non-hydrogen) atoms. The molecule has 1 aliphatic rings. The molecule has 1 aromatic carbocycles. The van der Waals surface area contributed by atoms with Crippen molar-refractivity contribution in [1.29, 1.82) is 0 Å². The molecule has 0 N–H and O–H groups in total. The minimum atomic E-state index is 0.943. The van der Waals surface area contributed by atoms with E-state index in [0.717, 1.165) is 36.5 Å². The van der Waals surface area contributed by atoms with E-state index in [4.69, 9.17) is 0 Å². The van der Waals surface area contributed by atoms with Crippen LogP contribution in [0.25, 0.3) is 0 Å². The van der Waals surface area contributed by atoms with E-state index in [2.05, 4.69) is 40.1 Å². The minimum Gasteiger partial charge on any atom is -0.329 e. The molecule has 1 aromatic heterocycles. The molecule has 0 radical (unpaired) electrons. The SMILES string of the molecule is CN(c1ccccc1)c1ncccc1C1=NCCC1. The summed E-state index contributed by atoms with van der Waals surface area (Å²) in [5, 5.41) is 0. The van der Waals surface area contributed by atoms with Gasteiger partial charge in [-0.2, -0.15) is 0 Å². The summed E-state index contributed by atoms with van der Waals surface area (Å²) in [6, 6.07) is 14.4. The van der Waals surface area contributed by atoms with Crippen LogP contribution in [0.1, 0.15) is 18.4 Å². The molecule has 1 aliphatic heterocycles. The largest absolute Gasteiger partial charge is 0.329 e. The molecule has 0 fully saturated rings. The van der Waals surface area contributed by atoms with E-state index >= 15 is 0 Å². The molecule has 0 saturated heterocycles. The fourth-order valence-electron chi connectivity index (χ4n) is 2.42. The number of benzene rings is 1. The molecule has 0 bridgehead atoms. The zero-order valence-corrected chi connectivity index (χ0v) is 11.1. The topological polar surface area (TPSA) is 28.5 Å². The summed E-state index contributed by atoms with van der Waals surface area (Å²) in [5.74, 6) is 0.981. The van der Waals surface area contributed by atoms with E-state index in [0.29, 0.717) is 0 Å². The van der Waals surface area contributed by atoms with Crippen molar-refractivity contribution in [1.82, 2.24) is 4.98 Å². The van der Waals surface area contributed by atoms with E-state index < -0.39 is 0 Å². The lowest BCUT2D eigenvalue weighted by Crippen LogP contribution is -2.15. The average Bonchev–Trinajstić information content (AvgIpc) is 3.01. The van der Waals surface area contributed by atoms with Gasteiger partial charge in [-0.1, -0.05) is 18.2 Å². The van der Waals surface area contributed by atoms with Crippen molar-refractivity contribution < 1.29 is 0 Å². The van der Waals surface area contributed by atoms with Gasteiger partial charge in [-0.15, -0.1) is 0 Å². The zero-order chi connectivity index (χ0) is 13.1. The lowest BCUT2D eigenvalue weighted by Gasteiger charge is -2.21. The third-order valence-corrected chi connectivity index (χ3v) is 3.43. The number of anilines is 2. The van der Waals surface area contributed by atoms with Crippen LogP contribution in [-0.4, -0.2) is 24.3 Å². The number of pyridine rings is 1. The number of nitrogens with zero attached hydrogens (tertiary/aromatic N) is 3. The van der Waals surface area contributed by atoms with Gasteiger partial charge < -0.3 is 4.90 Å². The Bertz CT molecular complexity index is 590. The highest BCUT2D eigenvalue weighted by molar-refractivity contribution is 6.05. The number of para-hydroxylation sites is 1. The molecule has 0 atom stereocenters. The van der Waals surface area contributed by atoms with Crippen molar-refractivity contribution in [2.24, 2.45) is 4.99 Å². The lowest BCUT2D eigenvalue weighted by atomic mass is 10.1. The van der Waals surface area contributed by atoms with E-state index in [1.807, 2.05) is 30.5 Å². The van der Waals surface area contributed by atoms with Crippen LogP contribution in [0, 0.1) is 0 Å². The predicted molar refractivity (Wildman–Crippen MR) is 79.4 cm³/mol. The smallest absolute Gasteiger partial charge is 0.141 e. The Hall–Kier alpha value is -2.16. The highest BCUT2D eigenvalue weighted by atomic mass is 15.2. The molecule has 0 unspecified atom stereocenters. The Labute approximate surface area is 113 Å². The minimum absolute atomic E-state index is 0.943. The van der Waals surface area contributed by atoms with Crippen molar-refractivity contribution in [3.63, 3.8) is 0 Å². The molecule has 2 heterocycles. The maximum atomic E-state index is 4.59. The maximum absolute atomic E-state index is 4.59. The summed E-state index contributed by atoms with van der Waals surface area (Å²) >= 11 is 0. The Kier molecular flexibility index (Phi) is 3.27. The number of aromatic nitrogens is 1. The summed E-state index contributed by atoms with van der Waals surface area (Å²) in [5.41, 5.74) is 3.48. The van der Waals surface area contributed by atoms with Crippen molar-refractivity contribution in [3.8, 4) is 0 Å². The van der Waals surface area contributed by atoms with Crippen LogP contribution < -0.4 is 4.90 Å². The average molecular weight is 251 g/mol. The molecule has 2 aromatic rings. The van der Waals surface area contributed by atoms with E-state index in [9.17, 15) is 0 Å². The second-order valence-corrected chi connectivity index (χ2v) is 4.70. The van der Waals surface area contributed by atoms with E-state index in [1.165, 1.54) is 5.71 Å². The van der Waals surface area contributed by atoms with Gasteiger partial charge in [0.05, 0.1) is 0 Å². The van der Waals surface area contributed by atoms with Crippen molar-refractivity contribution in [2.45, 2.75) is 12.8 Å². The number of hydrogen-bond acceptors (Lipinski definition) is 3. The van der Waals surface area contributed by atoms with Crippen LogP contribution in [-0.2, 0) is 0 Å². The van der Waals surface area contributed by atoms with E-state index in [1.54, 1.807) is 0 Å². The summed E-state index contributed by atoms with van der Waals surface area (Å²) in [6.07, 6.45) is 4.05. The molecule has 3 rings (SSSR count). The van der Waals surface area contributed by atoms with Crippen LogP contribution in [0.5, 0.6) is 0 Å². The predicted octanol–water partition coefficient (Wildman–Crippen LogP) is 3.43. The number of aliphatic imine (C=N–C) groups is 1. The Balaban J connectivity index is 2.01. The monoisotopic (exact) mass is 251 g/mol. The first-order valence-electron chi connectivity index (χ1n) is 6.64. The normalized spacial score (nSPS) is 14.3. The first-order valence-corrected chi connectivity index (χ1v) is 6.64. The maximum Gasteiger partial charge on any atom is 0.141 e. The standard InChI is InChI=1S/C16H17N3/c1-19(13-7-3-2-4-8-13)16-14(9-5-12-18-16)15-10-6-11-17-15/h2-5,7-9,12H,6,10-11H2,1H3. The highest BCUT2D eigenvalue weighted by Gasteiger charge is 2.16. The Morgan fingerprint density at radius 1 is 1.05 bits per heavy atom. The van der Waals surface area contributed by atoms with E-state index in [-0.39, 0.29) is 0 Å². The quantitative estimate of drug-likeness (QED) is 0.836. The van der Waals surface area contributed by atoms with Crippen LogP contribution in [0.3, 0.4) is 0 Å². The van der Waals surface area contributed by atoms with Gasteiger partial charge in [0.2, 0.25) is 0 Å². The third kappa shape index (κ3) is 2.36. The summed E-state index contributed by atoms with van der Waals surface area (Å²) in [6.45, 7) is 0.943. The lowest BCUT2D eigenvalue weighted by molar-refractivity contribution is 0.951. The van der Waals surface area contributed by atoms with Crippen LogP contribution >= 0.6 is 0 Å². The Morgan fingerprint density at radius 3 is 2.63 bits per heavy atom. The van der Waals surface area contributed by atoms with Gasteiger partial charge in [0, 0.05) is 36.8 Å². The third-order valence-electron chi connectivity index (χ3n) is 3.43. The fourth-order valence-corrected chi connectivity index (χ4v) is 2.42. The molecule has 0 aliphatic carbocycles. The molecular weight excluding hydrogens is 234 g/mol. The van der Waals surface area contributed by atoms with Gasteiger partial charge in [-0.25, -0.2) is 4.98 Å². The molecule has 0 spiro atoms. The molecule has 3 heteroatoms. The van der Waals surface area contributed by atoms with Gasteiger partial charge in [-0.3, -0.25) is 4.99 Å². The van der Waals surface area contributed by atoms with Crippen LogP contribution in [0.4, 0.5) is 11.5 Å². The highest BCUT2D eigenvalue weighted by Crippen LogP contribution is 2.27. The van der Waals surface area contributed by atoms with Crippen molar-refractivity contribution in [2.75, 3.05) is 18.5 Å². The zero-order valence-electron chi connectivity index (χ0n) is 11.1. The molecular formula is C16H17N3.